The predicted octanol–water partition coefficient (Wildman–Crippen LogP) is 1.49. The lowest BCUT2D eigenvalue weighted by molar-refractivity contribution is 0.103. The lowest BCUT2D eigenvalue weighted by atomic mass is 10.0. The van der Waals surface area contributed by atoms with Gasteiger partial charge in [-0.3, -0.25) is 4.79 Å². The normalized spacial score (nSPS) is 10.2. The summed E-state index contributed by atoms with van der Waals surface area (Å²) in [6.45, 7) is 0. The average Bonchev–Trinajstić information content (AvgIpc) is 2.35. The number of benzene rings is 2. The molecule has 0 heterocycles. The van der Waals surface area contributed by atoms with Gasteiger partial charge in [-0.05, 0) is 36.4 Å². The molecule has 0 aliphatic heterocycles. The number of nitrogen functional groups attached to an aromatic ring is 2. The summed E-state index contributed by atoms with van der Waals surface area (Å²) in [5.41, 5.74) is 11.9. The number of phenols is 2. The first kappa shape index (κ1) is 11.8. The molecule has 0 amide bonds. The number of carbonyl (C=O) groups excluding carboxylic acids is 1. The van der Waals surface area contributed by atoms with Crippen molar-refractivity contribution >= 4 is 17.2 Å². The fourth-order valence-electron chi connectivity index (χ4n) is 1.54. The van der Waals surface area contributed by atoms with Crippen molar-refractivity contribution in [2.75, 3.05) is 11.5 Å². The van der Waals surface area contributed by atoms with Crippen molar-refractivity contribution in [1.82, 2.24) is 0 Å². The standard InChI is InChI=1S/C13H12N2O3/c14-9-3-1-7(5-11(9)16)13(18)8-2-4-10(15)12(17)6-8/h1-6,16-17H,14-15H2. The third kappa shape index (κ3) is 2.06. The summed E-state index contributed by atoms with van der Waals surface area (Å²) in [5.74, 6) is -0.637. The molecule has 0 radical (unpaired) electrons. The third-order valence-electron chi connectivity index (χ3n) is 2.59. The summed E-state index contributed by atoms with van der Waals surface area (Å²) in [7, 11) is 0. The summed E-state index contributed by atoms with van der Waals surface area (Å²) in [6, 6.07) is 8.46. The molecule has 0 atom stereocenters. The van der Waals surface area contributed by atoms with Crippen LogP contribution in [-0.4, -0.2) is 16.0 Å². The maximum absolute atomic E-state index is 12.1. The average molecular weight is 244 g/mol. The van der Waals surface area contributed by atoms with Crippen LogP contribution in [0.4, 0.5) is 11.4 Å². The fourth-order valence-corrected chi connectivity index (χ4v) is 1.54. The van der Waals surface area contributed by atoms with Crippen molar-refractivity contribution in [3.63, 3.8) is 0 Å². The van der Waals surface area contributed by atoms with Gasteiger partial charge in [-0.25, -0.2) is 0 Å². The Hall–Kier alpha value is -2.69. The van der Waals surface area contributed by atoms with Crippen molar-refractivity contribution in [3.05, 3.63) is 47.5 Å². The zero-order chi connectivity index (χ0) is 13.3. The SMILES string of the molecule is Nc1ccc(C(=O)c2ccc(N)c(O)c2)cc1O. The van der Waals surface area contributed by atoms with E-state index in [-0.39, 0.29) is 39.8 Å². The second kappa shape index (κ2) is 4.29. The molecule has 0 aromatic heterocycles. The number of nitrogens with two attached hydrogens (primary N) is 2. The molecular weight excluding hydrogens is 232 g/mol. The molecule has 2 rings (SSSR count). The van der Waals surface area contributed by atoms with Crippen LogP contribution < -0.4 is 11.5 Å². The van der Waals surface area contributed by atoms with Crippen molar-refractivity contribution < 1.29 is 15.0 Å². The van der Waals surface area contributed by atoms with E-state index in [1.165, 1.54) is 36.4 Å². The van der Waals surface area contributed by atoms with Gasteiger partial charge in [-0.1, -0.05) is 0 Å². The Balaban J connectivity index is 2.41. The van der Waals surface area contributed by atoms with Crippen molar-refractivity contribution in [2.45, 2.75) is 0 Å². The summed E-state index contributed by atoms with van der Waals surface area (Å²) < 4.78 is 0. The van der Waals surface area contributed by atoms with Gasteiger partial charge in [0.05, 0.1) is 11.4 Å². The Morgan fingerprint density at radius 3 is 1.56 bits per heavy atom. The van der Waals surface area contributed by atoms with E-state index in [0.717, 1.165) is 0 Å². The maximum atomic E-state index is 12.1. The minimum absolute atomic E-state index is 0.152. The highest BCUT2D eigenvalue weighted by atomic mass is 16.3. The second-order valence-corrected chi connectivity index (χ2v) is 3.88. The second-order valence-electron chi connectivity index (χ2n) is 3.88. The smallest absolute Gasteiger partial charge is 0.193 e. The van der Waals surface area contributed by atoms with E-state index < -0.39 is 0 Å². The van der Waals surface area contributed by atoms with Crippen LogP contribution >= 0.6 is 0 Å². The van der Waals surface area contributed by atoms with Crippen LogP contribution in [0, 0.1) is 0 Å². The molecule has 0 saturated heterocycles. The maximum Gasteiger partial charge on any atom is 0.193 e. The first-order valence-electron chi connectivity index (χ1n) is 5.20. The number of hydrogen-bond acceptors (Lipinski definition) is 5. The van der Waals surface area contributed by atoms with Gasteiger partial charge in [0.1, 0.15) is 11.5 Å². The summed E-state index contributed by atoms with van der Waals surface area (Å²) in [6.07, 6.45) is 0. The number of rotatable bonds is 2. The first-order valence-corrected chi connectivity index (χ1v) is 5.20. The molecule has 0 fully saturated rings. The van der Waals surface area contributed by atoms with Gasteiger partial charge in [-0.15, -0.1) is 0 Å². The van der Waals surface area contributed by atoms with Crippen LogP contribution in [0.1, 0.15) is 15.9 Å². The highest BCUT2D eigenvalue weighted by molar-refractivity contribution is 6.09. The van der Waals surface area contributed by atoms with Crippen molar-refractivity contribution in [3.8, 4) is 11.5 Å². The molecule has 0 aliphatic rings. The predicted molar refractivity (Wildman–Crippen MR) is 68.5 cm³/mol. The quantitative estimate of drug-likeness (QED) is 0.363. The van der Waals surface area contributed by atoms with E-state index in [2.05, 4.69) is 0 Å². The Labute approximate surface area is 103 Å². The van der Waals surface area contributed by atoms with Crippen LogP contribution in [0.3, 0.4) is 0 Å². The summed E-state index contributed by atoms with van der Waals surface area (Å²) in [4.78, 5) is 12.1. The Bertz CT molecular complexity index is 570. The van der Waals surface area contributed by atoms with Crippen LogP contribution in [0.2, 0.25) is 0 Å². The van der Waals surface area contributed by atoms with E-state index in [4.69, 9.17) is 11.5 Å². The number of carbonyl (C=O) groups is 1. The molecule has 0 aliphatic carbocycles. The molecular formula is C13H12N2O3. The molecule has 2 aromatic rings. The van der Waals surface area contributed by atoms with Gasteiger partial charge in [0.15, 0.2) is 5.78 Å². The minimum atomic E-state index is -0.333. The van der Waals surface area contributed by atoms with E-state index in [9.17, 15) is 15.0 Å². The Kier molecular flexibility index (Phi) is 2.81. The van der Waals surface area contributed by atoms with Crippen LogP contribution in [0.15, 0.2) is 36.4 Å². The minimum Gasteiger partial charge on any atom is -0.506 e. The Morgan fingerprint density at radius 1 is 0.833 bits per heavy atom. The molecule has 0 bridgehead atoms. The number of aromatic hydroxyl groups is 2. The molecule has 18 heavy (non-hydrogen) atoms. The monoisotopic (exact) mass is 244 g/mol. The fraction of sp³-hybridized carbons (Fsp3) is 0. The van der Waals surface area contributed by atoms with E-state index in [1.54, 1.807) is 0 Å². The topological polar surface area (TPSA) is 110 Å². The number of ketones is 1. The zero-order valence-corrected chi connectivity index (χ0v) is 9.42. The van der Waals surface area contributed by atoms with Crippen LogP contribution in [0.25, 0.3) is 0 Å². The Morgan fingerprint density at radius 2 is 1.22 bits per heavy atom. The molecule has 0 unspecified atom stereocenters. The van der Waals surface area contributed by atoms with Crippen molar-refractivity contribution in [2.24, 2.45) is 0 Å². The largest absolute Gasteiger partial charge is 0.506 e. The van der Waals surface area contributed by atoms with Gasteiger partial charge in [0.25, 0.3) is 0 Å². The van der Waals surface area contributed by atoms with Crippen LogP contribution in [-0.2, 0) is 0 Å². The molecule has 0 spiro atoms. The highest BCUT2D eigenvalue weighted by Gasteiger charge is 2.12. The van der Waals surface area contributed by atoms with E-state index >= 15 is 0 Å². The van der Waals surface area contributed by atoms with Gasteiger partial charge in [-0.2, -0.15) is 0 Å². The zero-order valence-electron chi connectivity index (χ0n) is 9.42. The summed E-state index contributed by atoms with van der Waals surface area (Å²) >= 11 is 0. The third-order valence-corrected chi connectivity index (χ3v) is 2.59. The molecule has 5 nitrogen and oxygen atoms in total. The molecule has 92 valence electrons. The molecule has 0 saturated carbocycles. The summed E-state index contributed by atoms with van der Waals surface area (Å²) in [5, 5.41) is 18.9. The molecule has 2 aromatic carbocycles. The lowest BCUT2D eigenvalue weighted by Gasteiger charge is -2.05. The number of phenolic OH excluding ortho intramolecular Hbond substituents is 2. The van der Waals surface area contributed by atoms with Gasteiger partial charge in [0.2, 0.25) is 0 Å². The van der Waals surface area contributed by atoms with Gasteiger partial charge in [0, 0.05) is 11.1 Å². The first-order chi connectivity index (χ1) is 8.49. The van der Waals surface area contributed by atoms with Crippen LogP contribution in [0.5, 0.6) is 11.5 Å². The van der Waals surface area contributed by atoms with Crippen molar-refractivity contribution in [1.29, 1.82) is 0 Å². The molecule has 6 N–H and O–H groups in total. The lowest BCUT2D eigenvalue weighted by Crippen LogP contribution is -2.02. The van der Waals surface area contributed by atoms with Gasteiger partial charge < -0.3 is 21.7 Å². The van der Waals surface area contributed by atoms with E-state index in [0.29, 0.717) is 0 Å². The molecule has 5 heteroatoms. The number of anilines is 2. The number of hydrogen-bond donors (Lipinski definition) is 4. The highest BCUT2D eigenvalue weighted by Crippen LogP contribution is 2.25. The van der Waals surface area contributed by atoms with E-state index in [1.807, 2.05) is 0 Å². The van der Waals surface area contributed by atoms with Gasteiger partial charge >= 0.3 is 0 Å².